The summed E-state index contributed by atoms with van der Waals surface area (Å²) in [6.45, 7) is 1.76. The highest BCUT2D eigenvalue weighted by atomic mass is 35.5. The predicted molar refractivity (Wildman–Crippen MR) is 69.9 cm³/mol. The zero-order valence-electron chi connectivity index (χ0n) is 10.9. The Kier molecular flexibility index (Phi) is 4.06. The Labute approximate surface area is 119 Å². The minimum absolute atomic E-state index is 0.167. The van der Waals surface area contributed by atoms with E-state index in [2.05, 4.69) is 5.10 Å². The summed E-state index contributed by atoms with van der Waals surface area (Å²) in [5.41, 5.74) is 7.47. The molecule has 7 heteroatoms. The predicted octanol–water partition coefficient (Wildman–Crippen LogP) is 3.04. The first kappa shape index (κ1) is 14.9. The van der Waals surface area contributed by atoms with Gasteiger partial charge in [-0.1, -0.05) is 11.6 Å². The second-order valence-electron chi connectivity index (χ2n) is 4.59. The number of aryl methyl sites for hydroxylation is 2. The molecule has 20 heavy (non-hydrogen) atoms. The zero-order valence-corrected chi connectivity index (χ0v) is 11.7. The van der Waals surface area contributed by atoms with Crippen molar-refractivity contribution in [1.29, 1.82) is 0 Å². The van der Waals surface area contributed by atoms with Gasteiger partial charge in [-0.25, -0.2) is 13.2 Å². The summed E-state index contributed by atoms with van der Waals surface area (Å²) >= 11 is 6.07. The molecule has 1 aromatic carbocycles. The van der Waals surface area contributed by atoms with Crippen molar-refractivity contribution >= 4 is 11.6 Å². The molecule has 0 aliphatic heterocycles. The fourth-order valence-corrected chi connectivity index (χ4v) is 2.28. The molecule has 0 bridgehead atoms. The van der Waals surface area contributed by atoms with Crippen molar-refractivity contribution in [2.24, 2.45) is 12.8 Å². The molecule has 2 rings (SSSR count). The summed E-state index contributed by atoms with van der Waals surface area (Å²) in [5.74, 6) is -4.02. The Hall–Kier alpha value is -1.53. The SMILES string of the molecule is Cc1nn(C)c(Cl)c1CC(N)c1cc(F)c(F)c(F)c1. The van der Waals surface area contributed by atoms with Gasteiger partial charge in [0.2, 0.25) is 0 Å². The molecule has 0 aliphatic rings. The van der Waals surface area contributed by atoms with E-state index in [0.29, 0.717) is 16.4 Å². The van der Waals surface area contributed by atoms with E-state index in [0.717, 1.165) is 12.1 Å². The lowest BCUT2D eigenvalue weighted by atomic mass is 10.00. The van der Waals surface area contributed by atoms with Gasteiger partial charge in [0.15, 0.2) is 17.5 Å². The van der Waals surface area contributed by atoms with E-state index in [-0.39, 0.29) is 12.0 Å². The number of benzene rings is 1. The van der Waals surface area contributed by atoms with Gasteiger partial charge in [-0.05, 0) is 31.0 Å². The number of hydrogen-bond acceptors (Lipinski definition) is 2. The third kappa shape index (κ3) is 2.66. The molecule has 0 spiro atoms. The third-order valence-corrected chi connectivity index (χ3v) is 3.60. The average Bonchev–Trinajstić information content (AvgIpc) is 2.62. The van der Waals surface area contributed by atoms with Crippen LogP contribution in [-0.2, 0) is 13.5 Å². The number of rotatable bonds is 3. The minimum atomic E-state index is -1.50. The van der Waals surface area contributed by atoms with Gasteiger partial charge in [0.25, 0.3) is 0 Å². The normalized spacial score (nSPS) is 12.8. The van der Waals surface area contributed by atoms with Crippen molar-refractivity contribution in [3.05, 3.63) is 51.6 Å². The van der Waals surface area contributed by atoms with Crippen molar-refractivity contribution in [1.82, 2.24) is 9.78 Å². The average molecular weight is 304 g/mol. The summed E-state index contributed by atoms with van der Waals surface area (Å²) in [7, 11) is 1.68. The monoisotopic (exact) mass is 303 g/mol. The lowest BCUT2D eigenvalue weighted by Crippen LogP contribution is -2.15. The number of hydrogen-bond donors (Lipinski definition) is 1. The van der Waals surface area contributed by atoms with E-state index in [1.165, 1.54) is 4.68 Å². The van der Waals surface area contributed by atoms with Crippen LogP contribution in [0.3, 0.4) is 0 Å². The molecule has 1 unspecified atom stereocenters. The fraction of sp³-hybridized carbons (Fsp3) is 0.308. The molecule has 1 aromatic heterocycles. The maximum atomic E-state index is 13.2. The topological polar surface area (TPSA) is 43.8 Å². The van der Waals surface area contributed by atoms with Gasteiger partial charge in [0, 0.05) is 18.7 Å². The van der Waals surface area contributed by atoms with Crippen LogP contribution in [0.4, 0.5) is 13.2 Å². The second kappa shape index (κ2) is 5.46. The Balaban J connectivity index is 2.31. The highest BCUT2D eigenvalue weighted by Crippen LogP contribution is 2.26. The molecule has 1 atom stereocenters. The van der Waals surface area contributed by atoms with Crippen LogP contribution in [0.2, 0.25) is 5.15 Å². The number of aromatic nitrogens is 2. The molecule has 0 amide bonds. The van der Waals surface area contributed by atoms with E-state index in [1.54, 1.807) is 14.0 Å². The van der Waals surface area contributed by atoms with Crippen LogP contribution in [0, 0.1) is 24.4 Å². The Bertz CT molecular complexity index is 632. The molecule has 0 radical (unpaired) electrons. The molecule has 108 valence electrons. The molecule has 0 saturated heterocycles. The van der Waals surface area contributed by atoms with Crippen LogP contribution < -0.4 is 5.73 Å². The number of halogens is 4. The first-order valence-electron chi connectivity index (χ1n) is 5.89. The fourth-order valence-electron chi connectivity index (χ4n) is 2.03. The van der Waals surface area contributed by atoms with Crippen LogP contribution in [0.5, 0.6) is 0 Å². The summed E-state index contributed by atoms with van der Waals surface area (Å²) in [6, 6.07) is 1.07. The molecule has 1 heterocycles. The van der Waals surface area contributed by atoms with E-state index in [9.17, 15) is 13.2 Å². The summed E-state index contributed by atoms with van der Waals surface area (Å²) in [4.78, 5) is 0. The van der Waals surface area contributed by atoms with E-state index >= 15 is 0 Å². The molecule has 3 nitrogen and oxygen atoms in total. The number of nitrogens with zero attached hydrogens (tertiary/aromatic N) is 2. The maximum absolute atomic E-state index is 13.2. The summed E-state index contributed by atoms with van der Waals surface area (Å²) in [6.07, 6.45) is 0.253. The third-order valence-electron chi connectivity index (χ3n) is 3.13. The largest absolute Gasteiger partial charge is 0.324 e. The lowest BCUT2D eigenvalue weighted by Gasteiger charge is -2.13. The van der Waals surface area contributed by atoms with E-state index in [4.69, 9.17) is 17.3 Å². The van der Waals surface area contributed by atoms with Crippen LogP contribution in [0.25, 0.3) is 0 Å². The highest BCUT2D eigenvalue weighted by Gasteiger charge is 2.19. The molecule has 0 saturated carbocycles. The summed E-state index contributed by atoms with van der Waals surface area (Å²) < 4.78 is 40.8. The summed E-state index contributed by atoms with van der Waals surface area (Å²) in [5, 5.41) is 4.55. The molecule has 0 aliphatic carbocycles. The van der Waals surface area contributed by atoms with Crippen molar-refractivity contribution in [2.45, 2.75) is 19.4 Å². The maximum Gasteiger partial charge on any atom is 0.194 e. The first-order chi connectivity index (χ1) is 9.31. The lowest BCUT2D eigenvalue weighted by molar-refractivity contribution is 0.443. The van der Waals surface area contributed by atoms with Crippen LogP contribution in [0.1, 0.15) is 22.9 Å². The number of nitrogens with two attached hydrogens (primary N) is 1. The Morgan fingerprint density at radius 3 is 2.30 bits per heavy atom. The quantitative estimate of drug-likeness (QED) is 0.886. The van der Waals surface area contributed by atoms with Crippen molar-refractivity contribution in [3.8, 4) is 0 Å². The molecular weight excluding hydrogens is 291 g/mol. The Morgan fingerprint density at radius 2 is 1.85 bits per heavy atom. The van der Waals surface area contributed by atoms with Gasteiger partial charge in [-0.2, -0.15) is 5.10 Å². The smallest absolute Gasteiger partial charge is 0.194 e. The van der Waals surface area contributed by atoms with E-state index in [1.807, 2.05) is 0 Å². The molecular formula is C13H13ClF3N3. The standard InChI is InChI=1S/C13H13ClF3N3/c1-6-8(13(14)20(2)19-6)5-11(18)7-3-9(15)12(17)10(16)4-7/h3-4,11H,5,18H2,1-2H3. The van der Waals surface area contributed by atoms with E-state index < -0.39 is 23.5 Å². The van der Waals surface area contributed by atoms with Gasteiger partial charge in [-0.15, -0.1) is 0 Å². The first-order valence-corrected chi connectivity index (χ1v) is 6.27. The van der Waals surface area contributed by atoms with Crippen LogP contribution >= 0.6 is 11.6 Å². The highest BCUT2D eigenvalue weighted by molar-refractivity contribution is 6.30. The van der Waals surface area contributed by atoms with Crippen LogP contribution in [0.15, 0.2) is 12.1 Å². The van der Waals surface area contributed by atoms with Crippen molar-refractivity contribution < 1.29 is 13.2 Å². The van der Waals surface area contributed by atoms with Gasteiger partial charge in [-0.3, -0.25) is 4.68 Å². The second-order valence-corrected chi connectivity index (χ2v) is 4.95. The zero-order chi connectivity index (χ0) is 15.0. The Morgan fingerprint density at radius 1 is 1.30 bits per heavy atom. The van der Waals surface area contributed by atoms with Crippen molar-refractivity contribution in [3.63, 3.8) is 0 Å². The van der Waals surface area contributed by atoms with Gasteiger partial charge in [0.1, 0.15) is 5.15 Å². The van der Waals surface area contributed by atoms with Crippen molar-refractivity contribution in [2.75, 3.05) is 0 Å². The van der Waals surface area contributed by atoms with Gasteiger partial charge in [0.05, 0.1) is 5.69 Å². The van der Waals surface area contributed by atoms with Crippen LogP contribution in [-0.4, -0.2) is 9.78 Å². The minimum Gasteiger partial charge on any atom is -0.324 e. The molecule has 2 N–H and O–H groups in total. The molecule has 0 fully saturated rings. The van der Waals surface area contributed by atoms with Gasteiger partial charge >= 0.3 is 0 Å². The molecule has 2 aromatic rings. The van der Waals surface area contributed by atoms with Gasteiger partial charge < -0.3 is 5.73 Å².